The number of nitrogens with one attached hydrogen (secondary N) is 2. The average Bonchev–Trinajstić information content (AvgIpc) is 3.10. The van der Waals surface area contributed by atoms with Crippen molar-refractivity contribution in [2.45, 2.75) is 12.7 Å². The van der Waals surface area contributed by atoms with E-state index in [1.165, 1.54) is 23.5 Å². The molecule has 0 aliphatic carbocycles. The van der Waals surface area contributed by atoms with E-state index >= 15 is 0 Å². The zero-order valence-corrected chi connectivity index (χ0v) is 13.9. The fraction of sp³-hybridized carbons (Fsp3) is 0.167. The first-order valence-corrected chi connectivity index (χ1v) is 8.40. The summed E-state index contributed by atoms with van der Waals surface area (Å²) in [6.45, 7) is 0.926. The Morgan fingerprint density at radius 1 is 1.16 bits per heavy atom. The first kappa shape index (κ1) is 17.3. The van der Waals surface area contributed by atoms with Gasteiger partial charge in [-0.1, -0.05) is 18.2 Å². The molecule has 1 aliphatic heterocycles. The lowest BCUT2D eigenvalue weighted by Crippen LogP contribution is -2.21. The van der Waals surface area contributed by atoms with E-state index in [-0.39, 0.29) is 12.5 Å². The van der Waals surface area contributed by atoms with Gasteiger partial charge in [0.1, 0.15) is 0 Å². The van der Waals surface area contributed by atoms with Crippen molar-refractivity contribution in [3.63, 3.8) is 0 Å². The number of rotatable bonds is 4. The van der Waals surface area contributed by atoms with Crippen molar-refractivity contribution in [1.82, 2.24) is 10.6 Å². The number of thiophene rings is 1. The highest BCUT2D eigenvalue weighted by Gasteiger charge is 2.29. The van der Waals surface area contributed by atoms with E-state index in [1.807, 2.05) is 24.4 Å². The van der Waals surface area contributed by atoms with E-state index in [1.54, 1.807) is 6.07 Å². The standard InChI is InChI=1S/C18H15F3N2OS/c19-18(20,21)14-3-1-12(2-4-14)11-23-17(24)16-6-5-15(25-16)13-7-9-22-10-8-13/h1-9,22H,10-11H2,(H,23,24). The van der Waals surface area contributed by atoms with E-state index in [9.17, 15) is 18.0 Å². The number of hydrogen-bond acceptors (Lipinski definition) is 3. The van der Waals surface area contributed by atoms with Gasteiger partial charge in [0.2, 0.25) is 0 Å². The van der Waals surface area contributed by atoms with Crippen molar-refractivity contribution < 1.29 is 18.0 Å². The second kappa shape index (κ2) is 7.14. The Kier molecular flexibility index (Phi) is 4.94. The van der Waals surface area contributed by atoms with Gasteiger partial charge < -0.3 is 10.6 Å². The predicted octanol–water partition coefficient (Wildman–Crippen LogP) is 4.20. The van der Waals surface area contributed by atoms with Crippen molar-refractivity contribution in [2.24, 2.45) is 0 Å². The second-order valence-electron chi connectivity index (χ2n) is 5.44. The summed E-state index contributed by atoms with van der Waals surface area (Å²) < 4.78 is 37.6. The third-order valence-electron chi connectivity index (χ3n) is 3.67. The van der Waals surface area contributed by atoms with Crippen LogP contribution in [0, 0.1) is 0 Å². The molecule has 0 radical (unpaired) electrons. The van der Waals surface area contributed by atoms with Gasteiger partial charge in [0.25, 0.3) is 5.91 Å². The molecular weight excluding hydrogens is 349 g/mol. The van der Waals surface area contributed by atoms with Crippen LogP contribution in [-0.2, 0) is 12.7 Å². The zero-order valence-electron chi connectivity index (χ0n) is 13.1. The number of dihydropyridines is 1. The number of allylic oxidation sites excluding steroid dienone is 2. The van der Waals surface area contributed by atoms with Crippen LogP contribution in [0.2, 0.25) is 0 Å². The van der Waals surface area contributed by atoms with Crippen LogP contribution in [0.1, 0.15) is 25.7 Å². The first-order valence-electron chi connectivity index (χ1n) is 7.58. The van der Waals surface area contributed by atoms with Crippen molar-refractivity contribution >= 4 is 22.8 Å². The topological polar surface area (TPSA) is 41.1 Å². The van der Waals surface area contributed by atoms with Crippen LogP contribution in [0.5, 0.6) is 0 Å². The molecule has 0 spiro atoms. The number of carbonyl (C=O) groups is 1. The zero-order chi connectivity index (χ0) is 17.9. The summed E-state index contributed by atoms with van der Waals surface area (Å²) in [6.07, 6.45) is 1.49. The predicted molar refractivity (Wildman–Crippen MR) is 92.1 cm³/mol. The summed E-state index contributed by atoms with van der Waals surface area (Å²) in [6, 6.07) is 8.40. The Balaban J connectivity index is 1.60. The van der Waals surface area contributed by atoms with Gasteiger partial charge in [-0.25, -0.2) is 0 Å². The number of halogens is 3. The summed E-state index contributed by atoms with van der Waals surface area (Å²) in [5, 5.41) is 5.79. The maximum atomic E-state index is 12.5. The average molecular weight is 364 g/mol. The largest absolute Gasteiger partial charge is 0.416 e. The lowest BCUT2D eigenvalue weighted by atomic mass is 10.1. The summed E-state index contributed by atoms with van der Waals surface area (Å²) in [5.74, 6) is -0.241. The Morgan fingerprint density at radius 2 is 1.92 bits per heavy atom. The van der Waals surface area contributed by atoms with E-state index < -0.39 is 11.7 Å². The van der Waals surface area contributed by atoms with Gasteiger partial charge in [-0.05, 0) is 47.7 Å². The van der Waals surface area contributed by atoms with Crippen LogP contribution < -0.4 is 10.6 Å². The maximum absolute atomic E-state index is 12.5. The van der Waals surface area contributed by atoms with Crippen LogP contribution in [0.15, 0.2) is 54.8 Å². The van der Waals surface area contributed by atoms with Crippen molar-refractivity contribution in [3.8, 4) is 0 Å². The molecule has 1 aromatic carbocycles. The SMILES string of the molecule is O=C(NCc1ccc(C(F)(F)F)cc1)c1ccc(C2=CCNC=C2)s1. The molecule has 2 heterocycles. The third kappa shape index (κ3) is 4.30. The third-order valence-corrected chi connectivity index (χ3v) is 4.80. The molecule has 0 bridgehead atoms. The van der Waals surface area contributed by atoms with E-state index in [4.69, 9.17) is 0 Å². The Morgan fingerprint density at radius 3 is 2.56 bits per heavy atom. The summed E-state index contributed by atoms with van der Waals surface area (Å²) in [5.41, 5.74) is 0.974. The minimum absolute atomic E-state index is 0.177. The molecule has 0 saturated carbocycles. The molecule has 130 valence electrons. The van der Waals surface area contributed by atoms with Crippen molar-refractivity contribution in [1.29, 1.82) is 0 Å². The molecule has 0 unspecified atom stereocenters. The van der Waals surface area contributed by atoms with E-state index in [0.717, 1.165) is 29.1 Å². The Bertz CT molecular complexity index is 820. The monoisotopic (exact) mass is 364 g/mol. The summed E-state index contributed by atoms with van der Waals surface area (Å²) in [4.78, 5) is 13.8. The fourth-order valence-corrected chi connectivity index (χ4v) is 3.28. The summed E-state index contributed by atoms with van der Waals surface area (Å²) in [7, 11) is 0. The molecule has 1 amide bonds. The second-order valence-corrected chi connectivity index (χ2v) is 6.53. The number of hydrogen-bond donors (Lipinski definition) is 2. The van der Waals surface area contributed by atoms with Crippen LogP contribution in [-0.4, -0.2) is 12.5 Å². The van der Waals surface area contributed by atoms with Crippen LogP contribution in [0.25, 0.3) is 5.57 Å². The molecule has 0 saturated heterocycles. The van der Waals surface area contributed by atoms with Crippen LogP contribution >= 0.6 is 11.3 Å². The number of carbonyl (C=O) groups excluding carboxylic acids is 1. The molecular formula is C18H15F3N2OS. The van der Waals surface area contributed by atoms with Crippen LogP contribution in [0.4, 0.5) is 13.2 Å². The minimum Gasteiger partial charge on any atom is -0.387 e. The molecule has 3 rings (SSSR count). The lowest BCUT2D eigenvalue weighted by molar-refractivity contribution is -0.137. The Hall–Kier alpha value is -2.54. The molecule has 1 aliphatic rings. The molecule has 2 N–H and O–H groups in total. The number of alkyl halides is 3. The Labute approximate surface area is 146 Å². The van der Waals surface area contributed by atoms with Crippen molar-refractivity contribution in [2.75, 3.05) is 6.54 Å². The highest BCUT2D eigenvalue weighted by molar-refractivity contribution is 7.15. The van der Waals surface area contributed by atoms with Gasteiger partial charge in [0.05, 0.1) is 10.4 Å². The number of benzene rings is 1. The van der Waals surface area contributed by atoms with Gasteiger partial charge >= 0.3 is 6.18 Å². The molecule has 2 aromatic rings. The highest BCUT2D eigenvalue weighted by Crippen LogP contribution is 2.29. The molecule has 1 aromatic heterocycles. The van der Waals surface area contributed by atoms with Gasteiger partial charge in [0, 0.05) is 18.0 Å². The quantitative estimate of drug-likeness (QED) is 0.854. The fourth-order valence-electron chi connectivity index (χ4n) is 2.33. The normalized spacial score (nSPS) is 14.0. The van der Waals surface area contributed by atoms with Crippen LogP contribution in [0.3, 0.4) is 0 Å². The van der Waals surface area contributed by atoms with Gasteiger partial charge in [-0.2, -0.15) is 13.2 Å². The molecule has 0 atom stereocenters. The van der Waals surface area contributed by atoms with Gasteiger partial charge in [-0.15, -0.1) is 11.3 Å². The smallest absolute Gasteiger partial charge is 0.387 e. The number of amides is 1. The molecule has 7 heteroatoms. The highest BCUT2D eigenvalue weighted by atomic mass is 32.1. The van der Waals surface area contributed by atoms with Gasteiger partial charge in [0.15, 0.2) is 0 Å². The van der Waals surface area contributed by atoms with Crippen molar-refractivity contribution in [3.05, 3.63) is 75.6 Å². The molecule has 25 heavy (non-hydrogen) atoms. The van der Waals surface area contributed by atoms with E-state index in [2.05, 4.69) is 10.6 Å². The van der Waals surface area contributed by atoms with E-state index in [0.29, 0.717) is 10.4 Å². The maximum Gasteiger partial charge on any atom is 0.416 e. The minimum atomic E-state index is -4.35. The van der Waals surface area contributed by atoms with Gasteiger partial charge in [-0.3, -0.25) is 4.79 Å². The first-order chi connectivity index (χ1) is 11.9. The molecule has 3 nitrogen and oxygen atoms in total. The molecule has 0 fully saturated rings. The lowest BCUT2D eigenvalue weighted by Gasteiger charge is -2.08. The summed E-state index contributed by atoms with van der Waals surface area (Å²) >= 11 is 1.38.